The summed E-state index contributed by atoms with van der Waals surface area (Å²) < 4.78 is 32.9. The Morgan fingerprint density at radius 1 is 0.976 bits per heavy atom. The molecule has 216 valence electrons. The minimum Gasteiger partial charge on any atom is -0.484 e. The molecule has 0 bridgehead atoms. The molecule has 0 spiro atoms. The third kappa shape index (κ3) is 7.96. The number of carbonyl (C=O) groups excluding carboxylic acids is 3. The summed E-state index contributed by atoms with van der Waals surface area (Å²) in [6.45, 7) is 1.74. The van der Waals surface area contributed by atoms with Gasteiger partial charge in [0, 0.05) is 38.0 Å². The molecule has 3 amide bonds. The lowest BCUT2D eigenvalue weighted by atomic mass is 10.0. The van der Waals surface area contributed by atoms with Crippen LogP contribution < -0.4 is 15.4 Å². The minimum absolute atomic E-state index is 0.00801. The van der Waals surface area contributed by atoms with E-state index in [0.717, 1.165) is 40.6 Å². The van der Waals surface area contributed by atoms with Crippen molar-refractivity contribution in [1.82, 2.24) is 4.90 Å². The molecule has 3 aromatic carbocycles. The second kappa shape index (κ2) is 13.5. The van der Waals surface area contributed by atoms with Crippen LogP contribution in [0.15, 0.2) is 66.7 Å². The van der Waals surface area contributed by atoms with Crippen molar-refractivity contribution < 1.29 is 33.0 Å². The van der Waals surface area contributed by atoms with Crippen molar-refractivity contribution in [2.24, 2.45) is 5.73 Å². The highest BCUT2D eigenvalue weighted by Crippen LogP contribution is 2.25. The van der Waals surface area contributed by atoms with Gasteiger partial charge < -0.3 is 20.5 Å². The molecule has 2 atom stereocenters. The molecule has 1 aliphatic rings. The number of imide groups is 1. The van der Waals surface area contributed by atoms with E-state index < -0.39 is 29.7 Å². The maximum absolute atomic E-state index is 13.6. The van der Waals surface area contributed by atoms with Crippen LogP contribution in [0, 0.1) is 11.6 Å². The molecule has 1 heterocycles. The highest BCUT2D eigenvalue weighted by molar-refractivity contribution is 6.19. The van der Waals surface area contributed by atoms with Crippen LogP contribution in [-0.2, 0) is 33.8 Å². The third-order valence-electron chi connectivity index (χ3n) is 6.93. The second-order valence-electron chi connectivity index (χ2n) is 10.1. The van der Waals surface area contributed by atoms with Gasteiger partial charge in [0.1, 0.15) is 17.4 Å². The molecule has 10 heteroatoms. The SMILES string of the molecule is CCc1cccc(CN(C[C@@H](O)[C@@H](N)Cc2cc(F)cc(F)c2)C(=O)COc2ccc(N3C(=O)CCC3=O)cc2)c1. The fourth-order valence-electron chi connectivity index (χ4n) is 4.71. The molecule has 4 rings (SSSR count). The number of amides is 3. The summed E-state index contributed by atoms with van der Waals surface area (Å²) in [5.41, 5.74) is 8.85. The Hall–Kier alpha value is -4.15. The van der Waals surface area contributed by atoms with Crippen molar-refractivity contribution in [2.75, 3.05) is 18.1 Å². The first kappa shape index (κ1) is 29.8. The number of ether oxygens (including phenoxy) is 1. The van der Waals surface area contributed by atoms with E-state index in [1.807, 2.05) is 31.2 Å². The molecule has 0 saturated carbocycles. The van der Waals surface area contributed by atoms with Crippen LogP contribution in [0.1, 0.15) is 36.5 Å². The van der Waals surface area contributed by atoms with E-state index in [9.17, 15) is 28.3 Å². The Balaban J connectivity index is 1.43. The molecule has 41 heavy (non-hydrogen) atoms. The summed E-state index contributed by atoms with van der Waals surface area (Å²) in [7, 11) is 0. The number of carbonyl (C=O) groups is 3. The molecule has 3 N–H and O–H groups in total. The number of aryl methyl sites for hydroxylation is 1. The van der Waals surface area contributed by atoms with Crippen LogP contribution in [0.3, 0.4) is 0 Å². The number of halogens is 2. The topological polar surface area (TPSA) is 113 Å². The molecule has 1 aliphatic heterocycles. The van der Waals surface area contributed by atoms with Crippen LogP contribution in [0.2, 0.25) is 0 Å². The average molecular weight is 566 g/mol. The molecular weight excluding hydrogens is 532 g/mol. The Labute approximate surface area is 237 Å². The van der Waals surface area contributed by atoms with Crippen molar-refractivity contribution >= 4 is 23.4 Å². The Morgan fingerprint density at radius 3 is 2.24 bits per heavy atom. The molecule has 0 unspecified atom stereocenters. The largest absolute Gasteiger partial charge is 0.484 e. The number of nitrogens with two attached hydrogens (primary N) is 1. The van der Waals surface area contributed by atoms with Gasteiger partial charge in [-0.3, -0.25) is 19.3 Å². The van der Waals surface area contributed by atoms with Gasteiger partial charge in [0.15, 0.2) is 6.61 Å². The molecule has 0 aromatic heterocycles. The van der Waals surface area contributed by atoms with Gasteiger partial charge in [-0.05, 0) is 65.9 Å². The first-order chi connectivity index (χ1) is 19.6. The Morgan fingerprint density at radius 2 is 1.61 bits per heavy atom. The zero-order chi connectivity index (χ0) is 29.5. The number of nitrogens with zero attached hydrogens (tertiary/aromatic N) is 2. The maximum atomic E-state index is 13.6. The summed E-state index contributed by atoms with van der Waals surface area (Å²) in [6, 6.07) is 16.2. The molecule has 0 radical (unpaired) electrons. The predicted octanol–water partition coefficient (Wildman–Crippen LogP) is 3.52. The van der Waals surface area contributed by atoms with Crippen LogP contribution in [0.4, 0.5) is 14.5 Å². The van der Waals surface area contributed by atoms with E-state index in [2.05, 4.69) is 0 Å². The fourth-order valence-corrected chi connectivity index (χ4v) is 4.71. The number of aliphatic hydroxyl groups excluding tert-OH is 1. The lowest BCUT2D eigenvalue weighted by Crippen LogP contribution is -2.47. The quantitative estimate of drug-likeness (QED) is 0.325. The smallest absolute Gasteiger partial charge is 0.260 e. The van der Waals surface area contributed by atoms with E-state index in [1.165, 1.54) is 4.90 Å². The minimum atomic E-state index is -1.19. The lowest BCUT2D eigenvalue weighted by Gasteiger charge is -2.28. The summed E-state index contributed by atoms with van der Waals surface area (Å²) in [5, 5.41) is 10.9. The summed E-state index contributed by atoms with van der Waals surface area (Å²) in [5.74, 6) is -2.05. The Kier molecular flexibility index (Phi) is 9.80. The lowest BCUT2D eigenvalue weighted by molar-refractivity contribution is -0.135. The van der Waals surface area contributed by atoms with Gasteiger partial charge >= 0.3 is 0 Å². The van der Waals surface area contributed by atoms with Crippen LogP contribution >= 0.6 is 0 Å². The van der Waals surface area contributed by atoms with Gasteiger partial charge in [0.2, 0.25) is 11.8 Å². The van der Waals surface area contributed by atoms with Crippen molar-refractivity contribution in [3.63, 3.8) is 0 Å². The third-order valence-corrected chi connectivity index (χ3v) is 6.93. The number of rotatable bonds is 12. The average Bonchev–Trinajstić information content (AvgIpc) is 3.28. The van der Waals surface area contributed by atoms with E-state index in [-0.39, 0.29) is 50.8 Å². The number of hydrogen-bond donors (Lipinski definition) is 2. The highest BCUT2D eigenvalue weighted by Gasteiger charge is 2.30. The molecule has 3 aromatic rings. The molecular formula is C31H33F2N3O5. The zero-order valence-electron chi connectivity index (χ0n) is 22.8. The molecule has 1 saturated heterocycles. The van der Waals surface area contributed by atoms with Gasteiger partial charge in [-0.25, -0.2) is 8.78 Å². The fraction of sp³-hybridized carbons (Fsp3) is 0.323. The van der Waals surface area contributed by atoms with E-state index in [1.54, 1.807) is 24.3 Å². The van der Waals surface area contributed by atoms with Gasteiger partial charge in [-0.2, -0.15) is 0 Å². The molecule has 0 aliphatic carbocycles. The second-order valence-corrected chi connectivity index (χ2v) is 10.1. The first-order valence-electron chi connectivity index (χ1n) is 13.5. The maximum Gasteiger partial charge on any atom is 0.260 e. The van der Waals surface area contributed by atoms with E-state index in [4.69, 9.17) is 10.5 Å². The summed E-state index contributed by atoms with van der Waals surface area (Å²) >= 11 is 0. The monoisotopic (exact) mass is 565 g/mol. The zero-order valence-corrected chi connectivity index (χ0v) is 22.8. The first-order valence-corrected chi connectivity index (χ1v) is 13.5. The van der Waals surface area contributed by atoms with E-state index in [0.29, 0.717) is 17.0 Å². The number of anilines is 1. The van der Waals surface area contributed by atoms with Crippen molar-refractivity contribution in [2.45, 2.75) is 51.3 Å². The Bertz CT molecular complexity index is 1360. The van der Waals surface area contributed by atoms with Gasteiger partial charge in [0.05, 0.1) is 11.8 Å². The predicted molar refractivity (Wildman–Crippen MR) is 149 cm³/mol. The van der Waals surface area contributed by atoms with Crippen LogP contribution in [-0.4, -0.2) is 53.0 Å². The standard InChI is InChI=1S/C31H33F2N3O5/c1-2-20-4-3-5-21(12-20)17-35(18-28(37)27(34)15-22-13-23(32)16-24(33)14-22)31(40)19-41-26-8-6-25(7-9-26)36-29(38)10-11-30(36)39/h3-9,12-14,16,27-28,37H,2,10-11,15,17-19,34H2,1H3/t27-,28+/m0/s1. The van der Waals surface area contributed by atoms with Crippen molar-refractivity contribution in [3.8, 4) is 5.75 Å². The number of benzene rings is 3. The number of hydrogen-bond acceptors (Lipinski definition) is 6. The summed E-state index contributed by atoms with van der Waals surface area (Å²) in [4.78, 5) is 39.8. The number of aliphatic hydroxyl groups is 1. The van der Waals surface area contributed by atoms with E-state index >= 15 is 0 Å². The van der Waals surface area contributed by atoms with Crippen molar-refractivity contribution in [3.05, 3.63) is 95.1 Å². The molecule has 8 nitrogen and oxygen atoms in total. The van der Waals surface area contributed by atoms with Crippen LogP contribution in [0.25, 0.3) is 0 Å². The van der Waals surface area contributed by atoms with Crippen LogP contribution in [0.5, 0.6) is 5.75 Å². The summed E-state index contributed by atoms with van der Waals surface area (Å²) in [6.07, 6.45) is -0.00939. The normalized spacial score (nSPS) is 14.7. The van der Waals surface area contributed by atoms with Gasteiger partial charge in [-0.15, -0.1) is 0 Å². The highest BCUT2D eigenvalue weighted by atomic mass is 19.1. The van der Waals surface area contributed by atoms with Crippen molar-refractivity contribution in [1.29, 1.82) is 0 Å². The van der Waals surface area contributed by atoms with Gasteiger partial charge in [-0.1, -0.05) is 31.2 Å². The van der Waals surface area contributed by atoms with Gasteiger partial charge in [0.25, 0.3) is 5.91 Å². The molecule has 1 fully saturated rings.